The summed E-state index contributed by atoms with van der Waals surface area (Å²) >= 11 is 0. The number of nitrogens with zero attached hydrogens (tertiary/aromatic N) is 4. The highest BCUT2D eigenvalue weighted by Gasteiger charge is 2.33. The Hall–Kier alpha value is -7.26. The van der Waals surface area contributed by atoms with E-state index in [2.05, 4.69) is 40.4 Å². The number of hydrogen-bond acceptors (Lipinski definition) is 14. The van der Waals surface area contributed by atoms with Crippen LogP contribution in [0.5, 0.6) is 23.0 Å². The minimum absolute atomic E-state index is 0.0857. The molecule has 6 rings (SSSR count). The van der Waals surface area contributed by atoms with Gasteiger partial charge in [0.05, 0.1) is 38.3 Å². The van der Waals surface area contributed by atoms with Crippen molar-refractivity contribution < 1.29 is 74.1 Å². The third-order valence-electron chi connectivity index (χ3n) is 7.66. The van der Waals surface area contributed by atoms with Crippen molar-refractivity contribution in [2.45, 2.75) is 51.6 Å². The molecular weight excluding hydrogens is 814 g/mol. The number of aromatic nitrogens is 2. The van der Waals surface area contributed by atoms with Crippen LogP contribution in [0.3, 0.4) is 0 Å². The Balaban J connectivity index is 0.000000228. The van der Waals surface area contributed by atoms with E-state index in [1.54, 1.807) is 0 Å². The van der Waals surface area contributed by atoms with E-state index < -0.39 is 36.7 Å². The summed E-state index contributed by atoms with van der Waals surface area (Å²) in [6.07, 6.45) is -7.42. The van der Waals surface area contributed by atoms with Crippen molar-refractivity contribution in [2.24, 2.45) is 10.3 Å². The molecule has 60 heavy (non-hydrogen) atoms. The van der Waals surface area contributed by atoms with Crippen LogP contribution in [0.25, 0.3) is 0 Å². The molecule has 0 saturated carbocycles. The van der Waals surface area contributed by atoms with E-state index >= 15 is 0 Å². The van der Waals surface area contributed by atoms with Gasteiger partial charge in [0.25, 0.3) is 11.8 Å². The third-order valence-corrected chi connectivity index (χ3v) is 7.66. The van der Waals surface area contributed by atoms with Crippen LogP contribution in [0, 0.1) is 0 Å². The summed E-state index contributed by atoms with van der Waals surface area (Å²) in [5, 5.41) is 12.5. The van der Waals surface area contributed by atoms with Gasteiger partial charge in [0, 0.05) is 0 Å². The van der Waals surface area contributed by atoms with Crippen molar-refractivity contribution in [3.63, 3.8) is 0 Å². The first-order chi connectivity index (χ1) is 28.4. The Morgan fingerprint density at radius 1 is 0.583 bits per heavy atom. The Kier molecular flexibility index (Phi) is 14.2. The van der Waals surface area contributed by atoms with E-state index in [0.717, 1.165) is 0 Å². The molecule has 4 heterocycles. The maximum absolute atomic E-state index is 12.2. The molecule has 2 amide bonds. The van der Waals surface area contributed by atoms with Crippen molar-refractivity contribution in [3.05, 3.63) is 108 Å². The number of halogens is 6. The molecule has 2 aliphatic heterocycles. The van der Waals surface area contributed by atoms with E-state index in [1.165, 1.54) is 99.0 Å². The fraction of sp³-hybridized carbons (Fsp3) is 0.263. The number of hydrogen-bond donors (Lipinski definition) is 2. The predicted molar refractivity (Wildman–Crippen MR) is 194 cm³/mol. The first kappa shape index (κ1) is 43.9. The normalized spacial score (nSPS) is 15.7. The monoisotopic (exact) mass is 846 g/mol. The molecule has 0 radical (unpaired) electrons. The molecule has 2 N–H and O–H groups in total. The van der Waals surface area contributed by atoms with Gasteiger partial charge in [-0.15, -0.1) is 26.3 Å². The zero-order valence-electron chi connectivity index (χ0n) is 31.2. The Morgan fingerprint density at radius 2 is 0.933 bits per heavy atom. The molecule has 2 aliphatic rings. The molecule has 0 saturated heterocycles. The lowest BCUT2D eigenvalue weighted by Crippen LogP contribution is -2.28. The minimum atomic E-state index is -4.76. The number of ether oxygens (including phenoxy) is 4. The Morgan fingerprint density at radius 3 is 1.23 bits per heavy atom. The van der Waals surface area contributed by atoms with Crippen molar-refractivity contribution in [3.8, 4) is 23.0 Å². The highest BCUT2D eigenvalue weighted by atomic mass is 19.4. The molecule has 2 aromatic carbocycles. The second-order valence-electron chi connectivity index (χ2n) is 12.5. The van der Waals surface area contributed by atoms with Gasteiger partial charge in [0.1, 0.15) is 46.0 Å². The molecule has 0 fully saturated rings. The van der Waals surface area contributed by atoms with E-state index in [4.69, 9.17) is 19.1 Å². The summed E-state index contributed by atoms with van der Waals surface area (Å²) in [6, 6.07) is 16.4. The maximum atomic E-state index is 12.2. The predicted octanol–water partition coefficient (Wildman–Crippen LogP) is 6.31. The van der Waals surface area contributed by atoms with Gasteiger partial charge in [-0.05, 0) is 73.5 Å². The van der Waals surface area contributed by atoms with Crippen LogP contribution < -0.4 is 29.6 Å². The first-order valence-electron chi connectivity index (χ1n) is 17.4. The van der Waals surface area contributed by atoms with Gasteiger partial charge in [-0.2, -0.15) is 0 Å². The molecule has 0 unspecified atom stereocenters. The summed E-state index contributed by atoms with van der Waals surface area (Å²) < 4.78 is 92.1. The number of carbonyl (C=O) groups is 4. The molecule has 0 spiro atoms. The maximum Gasteiger partial charge on any atom is 0.573 e. The molecule has 2 atom stereocenters. The van der Waals surface area contributed by atoms with Gasteiger partial charge in [-0.25, -0.2) is 9.97 Å². The van der Waals surface area contributed by atoms with Crippen LogP contribution in [0.1, 0.15) is 71.0 Å². The largest absolute Gasteiger partial charge is 0.573 e. The molecular formula is C38H32F6N6O10. The average molecular weight is 847 g/mol. The van der Waals surface area contributed by atoms with Gasteiger partial charge in [0.15, 0.2) is 12.2 Å². The van der Waals surface area contributed by atoms with Crippen molar-refractivity contribution >= 4 is 35.2 Å². The second-order valence-corrected chi connectivity index (χ2v) is 12.5. The van der Waals surface area contributed by atoms with E-state index in [9.17, 15) is 45.5 Å². The summed E-state index contributed by atoms with van der Waals surface area (Å²) in [4.78, 5) is 63.9. The SMILES string of the molecule is CC(=O)CNC(=O)c1ccc(OC2=NO[C@@H](c3ccc(OC(F)(F)F)cc3)C2)cn1.CC(=O)CNC(=O)c1ccc(OC2=NO[C@H](c3ccc(OC(F)(F)F)cc3)C2)cn1. The van der Waals surface area contributed by atoms with Crippen molar-refractivity contribution in [2.75, 3.05) is 13.1 Å². The van der Waals surface area contributed by atoms with Crippen LogP contribution in [-0.2, 0) is 19.3 Å². The fourth-order valence-electron chi connectivity index (χ4n) is 4.97. The number of rotatable bonds is 12. The van der Waals surface area contributed by atoms with Crippen LogP contribution >= 0.6 is 0 Å². The summed E-state index contributed by atoms with van der Waals surface area (Å²) in [5.41, 5.74) is 1.43. The Bertz CT molecular complexity index is 2040. The quantitative estimate of drug-likeness (QED) is 0.151. The smallest absolute Gasteiger partial charge is 0.438 e. The van der Waals surface area contributed by atoms with Gasteiger partial charge < -0.3 is 39.3 Å². The van der Waals surface area contributed by atoms with E-state index in [1.807, 2.05) is 0 Å². The molecule has 16 nitrogen and oxygen atoms in total. The average Bonchev–Trinajstić information content (AvgIpc) is 3.86. The highest BCUT2D eigenvalue weighted by molar-refractivity contribution is 5.95. The molecule has 22 heteroatoms. The number of alkyl halides is 6. The number of pyridine rings is 2. The third kappa shape index (κ3) is 14.0. The van der Waals surface area contributed by atoms with Crippen molar-refractivity contribution in [1.29, 1.82) is 0 Å². The minimum Gasteiger partial charge on any atom is -0.438 e. The number of carbonyl (C=O) groups excluding carboxylic acids is 4. The van der Waals surface area contributed by atoms with Gasteiger partial charge in [0.2, 0.25) is 11.8 Å². The lowest BCUT2D eigenvalue weighted by molar-refractivity contribution is -0.275. The molecule has 0 aliphatic carbocycles. The van der Waals surface area contributed by atoms with E-state index in [-0.39, 0.29) is 72.2 Å². The van der Waals surface area contributed by atoms with Crippen LogP contribution in [0.4, 0.5) is 26.3 Å². The van der Waals surface area contributed by atoms with Gasteiger partial charge >= 0.3 is 12.7 Å². The number of Topliss-reactive ketones (excluding diaryl/α,β-unsaturated/α-hetero) is 2. The summed E-state index contributed by atoms with van der Waals surface area (Å²) in [6.45, 7) is 2.54. The van der Waals surface area contributed by atoms with Crippen molar-refractivity contribution in [1.82, 2.24) is 20.6 Å². The standard InChI is InChI=1S/2C19H16F3N3O5/c2*1-11(26)9-24-18(27)15-7-6-14(10-23-15)28-17-8-16(30-25-17)12-2-4-13(5-3-12)29-19(20,21)22/h2*2-7,10,16H,8-9H2,1H3,(H,24,27)/t2*16-/m10/s1. The number of ketones is 2. The van der Waals surface area contributed by atoms with Crippen LogP contribution in [-0.4, -0.2) is 71.0 Å². The van der Waals surface area contributed by atoms with Crippen LogP contribution in [0.15, 0.2) is 95.5 Å². The molecule has 316 valence electrons. The summed E-state index contributed by atoms with van der Waals surface area (Å²) in [7, 11) is 0. The zero-order valence-corrected chi connectivity index (χ0v) is 31.2. The number of nitrogens with one attached hydrogen (secondary N) is 2. The molecule has 4 aromatic rings. The first-order valence-corrected chi connectivity index (χ1v) is 17.4. The number of oxime groups is 2. The topological polar surface area (TPSA) is 198 Å². The van der Waals surface area contributed by atoms with E-state index in [0.29, 0.717) is 22.6 Å². The lowest BCUT2D eigenvalue weighted by atomic mass is 10.1. The van der Waals surface area contributed by atoms with Crippen LogP contribution in [0.2, 0.25) is 0 Å². The highest BCUT2D eigenvalue weighted by Crippen LogP contribution is 2.32. The lowest BCUT2D eigenvalue weighted by Gasteiger charge is -2.11. The Labute approximate surface area is 335 Å². The molecule has 0 bridgehead atoms. The molecule has 2 aromatic heterocycles. The summed E-state index contributed by atoms with van der Waals surface area (Å²) in [5.74, 6) is -0.894. The number of amides is 2. The number of benzene rings is 2. The fourth-order valence-corrected chi connectivity index (χ4v) is 4.97. The second kappa shape index (κ2) is 19.5. The van der Waals surface area contributed by atoms with Gasteiger partial charge in [-0.1, -0.05) is 34.6 Å². The zero-order chi connectivity index (χ0) is 43.5. The van der Waals surface area contributed by atoms with Gasteiger partial charge in [-0.3, -0.25) is 19.2 Å².